The molecule has 0 heterocycles. The summed E-state index contributed by atoms with van der Waals surface area (Å²) < 4.78 is 0. The number of hydrogen-bond acceptors (Lipinski definition) is 4. The lowest BCUT2D eigenvalue weighted by molar-refractivity contribution is -0.385. The lowest BCUT2D eigenvalue weighted by Crippen LogP contribution is -2.05. The van der Waals surface area contributed by atoms with E-state index in [2.05, 4.69) is 0 Å². The van der Waals surface area contributed by atoms with E-state index in [1.54, 1.807) is 6.92 Å². The van der Waals surface area contributed by atoms with Crippen molar-refractivity contribution in [2.75, 3.05) is 0 Å². The molecule has 0 aliphatic rings. The van der Waals surface area contributed by atoms with E-state index in [-0.39, 0.29) is 12.1 Å². The van der Waals surface area contributed by atoms with Gasteiger partial charge in [0.15, 0.2) is 0 Å². The van der Waals surface area contributed by atoms with E-state index in [1.807, 2.05) is 19.1 Å². The van der Waals surface area contributed by atoms with Crippen LogP contribution < -0.4 is 0 Å². The van der Waals surface area contributed by atoms with Crippen LogP contribution in [0.1, 0.15) is 36.1 Å². The Hall–Kier alpha value is -2.40. The quantitative estimate of drug-likeness (QED) is 0.600. The zero-order valence-electron chi connectivity index (χ0n) is 10.4. The third-order valence-corrected chi connectivity index (χ3v) is 2.90. The van der Waals surface area contributed by atoms with E-state index in [9.17, 15) is 15.4 Å². The van der Waals surface area contributed by atoms with Gasteiger partial charge in [0.1, 0.15) is 0 Å². The van der Waals surface area contributed by atoms with Crippen molar-refractivity contribution in [1.82, 2.24) is 0 Å². The minimum Gasteiger partial charge on any atom is -0.258 e. The molecule has 5 heteroatoms. The SMILES string of the molecule is CCc1c(CC#N)cc([N+](=O)[O-])c(CC)c1C#N. The maximum Gasteiger partial charge on any atom is 0.274 e. The Balaban J connectivity index is 3.69. The van der Waals surface area contributed by atoms with Gasteiger partial charge in [-0.15, -0.1) is 0 Å². The van der Waals surface area contributed by atoms with E-state index in [0.717, 1.165) is 5.56 Å². The lowest BCUT2D eigenvalue weighted by atomic mass is 9.91. The van der Waals surface area contributed by atoms with Crippen molar-refractivity contribution in [2.45, 2.75) is 33.1 Å². The van der Waals surface area contributed by atoms with Crippen LogP contribution in [0.3, 0.4) is 0 Å². The molecule has 0 bridgehead atoms. The fourth-order valence-corrected chi connectivity index (χ4v) is 2.11. The van der Waals surface area contributed by atoms with Crippen molar-refractivity contribution in [3.05, 3.63) is 38.4 Å². The van der Waals surface area contributed by atoms with Crippen molar-refractivity contribution in [3.8, 4) is 12.1 Å². The summed E-state index contributed by atoms with van der Waals surface area (Å²) in [5, 5.41) is 29.0. The summed E-state index contributed by atoms with van der Waals surface area (Å²) in [5.74, 6) is 0. The first kappa shape index (κ1) is 13.7. The highest BCUT2D eigenvalue weighted by molar-refractivity contribution is 5.59. The molecule has 92 valence electrons. The highest BCUT2D eigenvalue weighted by Gasteiger charge is 2.22. The molecule has 0 aliphatic carbocycles. The van der Waals surface area contributed by atoms with Crippen LogP contribution in [-0.2, 0) is 19.3 Å². The second-order valence-corrected chi connectivity index (χ2v) is 3.80. The van der Waals surface area contributed by atoms with Gasteiger partial charge in [0.25, 0.3) is 5.69 Å². The average molecular weight is 243 g/mol. The Morgan fingerprint density at radius 1 is 1.28 bits per heavy atom. The molecular formula is C13H13N3O2. The van der Waals surface area contributed by atoms with Crippen molar-refractivity contribution < 1.29 is 4.92 Å². The van der Waals surface area contributed by atoms with E-state index in [0.29, 0.717) is 29.5 Å². The third kappa shape index (κ3) is 2.31. The molecule has 0 radical (unpaired) electrons. The molecule has 0 N–H and O–H groups in total. The van der Waals surface area contributed by atoms with Gasteiger partial charge < -0.3 is 0 Å². The first-order valence-electron chi connectivity index (χ1n) is 5.69. The zero-order valence-corrected chi connectivity index (χ0v) is 10.4. The number of nitro benzene ring substituents is 1. The Morgan fingerprint density at radius 3 is 2.28 bits per heavy atom. The highest BCUT2D eigenvalue weighted by atomic mass is 16.6. The molecular weight excluding hydrogens is 230 g/mol. The van der Waals surface area contributed by atoms with Crippen molar-refractivity contribution in [1.29, 1.82) is 10.5 Å². The van der Waals surface area contributed by atoms with Crippen LogP contribution in [0.2, 0.25) is 0 Å². The smallest absolute Gasteiger partial charge is 0.258 e. The normalized spacial score (nSPS) is 9.56. The van der Waals surface area contributed by atoms with Gasteiger partial charge in [0, 0.05) is 11.6 Å². The van der Waals surface area contributed by atoms with Crippen LogP contribution in [0.15, 0.2) is 6.07 Å². The Bertz CT molecular complexity index is 565. The average Bonchev–Trinajstić information content (AvgIpc) is 2.37. The van der Waals surface area contributed by atoms with Gasteiger partial charge in [0.2, 0.25) is 0 Å². The van der Waals surface area contributed by atoms with E-state index in [1.165, 1.54) is 6.07 Å². The van der Waals surface area contributed by atoms with Crippen LogP contribution in [0, 0.1) is 32.8 Å². The fraction of sp³-hybridized carbons (Fsp3) is 0.385. The molecule has 5 nitrogen and oxygen atoms in total. The summed E-state index contributed by atoms with van der Waals surface area (Å²) >= 11 is 0. The second-order valence-electron chi connectivity index (χ2n) is 3.80. The summed E-state index contributed by atoms with van der Waals surface area (Å²) in [5.41, 5.74) is 2.10. The van der Waals surface area contributed by atoms with Gasteiger partial charge in [-0.05, 0) is 24.0 Å². The van der Waals surface area contributed by atoms with E-state index in [4.69, 9.17) is 5.26 Å². The predicted octanol–water partition coefficient (Wildman–Crippen LogP) is 2.66. The van der Waals surface area contributed by atoms with Gasteiger partial charge in [-0.25, -0.2) is 0 Å². The van der Waals surface area contributed by atoms with Crippen molar-refractivity contribution in [2.24, 2.45) is 0 Å². The molecule has 0 atom stereocenters. The molecule has 1 aromatic rings. The minimum atomic E-state index is -0.486. The standard InChI is InChI=1S/C13H13N3O2/c1-3-10-9(5-6-14)7-13(16(17)18)11(4-2)12(10)8-15/h7H,3-5H2,1-2H3. The second kappa shape index (κ2) is 5.79. The zero-order chi connectivity index (χ0) is 13.7. The van der Waals surface area contributed by atoms with Gasteiger partial charge in [-0.3, -0.25) is 10.1 Å². The first-order chi connectivity index (χ1) is 8.60. The number of nitrogens with zero attached hydrogens (tertiary/aromatic N) is 3. The van der Waals surface area contributed by atoms with Crippen molar-refractivity contribution in [3.63, 3.8) is 0 Å². The summed E-state index contributed by atoms with van der Waals surface area (Å²) in [6.45, 7) is 3.66. The van der Waals surface area contributed by atoms with Crippen LogP contribution in [0.5, 0.6) is 0 Å². The molecule has 1 rings (SSSR count). The van der Waals surface area contributed by atoms with E-state index >= 15 is 0 Å². The first-order valence-corrected chi connectivity index (χ1v) is 5.69. The maximum absolute atomic E-state index is 11.0. The number of nitro groups is 1. The third-order valence-electron chi connectivity index (χ3n) is 2.90. The Kier molecular flexibility index (Phi) is 4.39. The highest BCUT2D eigenvalue weighted by Crippen LogP contribution is 2.29. The summed E-state index contributed by atoms with van der Waals surface area (Å²) in [6.07, 6.45) is 1.10. The predicted molar refractivity (Wildman–Crippen MR) is 65.9 cm³/mol. The van der Waals surface area contributed by atoms with Crippen LogP contribution in [0.4, 0.5) is 5.69 Å². The summed E-state index contributed by atoms with van der Waals surface area (Å²) in [4.78, 5) is 10.5. The number of nitriles is 2. The van der Waals surface area contributed by atoms with Gasteiger partial charge >= 0.3 is 0 Å². The number of hydrogen-bond donors (Lipinski definition) is 0. The Morgan fingerprint density at radius 2 is 1.89 bits per heavy atom. The molecule has 18 heavy (non-hydrogen) atoms. The van der Waals surface area contributed by atoms with Gasteiger partial charge in [-0.1, -0.05) is 13.8 Å². The van der Waals surface area contributed by atoms with Crippen LogP contribution in [0.25, 0.3) is 0 Å². The Labute approximate surface area is 105 Å². The molecule has 0 saturated heterocycles. The van der Waals surface area contributed by atoms with Crippen molar-refractivity contribution >= 4 is 5.69 Å². The number of benzene rings is 1. The monoisotopic (exact) mass is 243 g/mol. The van der Waals surface area contributed by atoms with Crippen LogP contribution in [-0.4, -0.2) is 4.92 Å². The molecule has 0 fully saturated rings. The molecule has 0 aromatic heterocycles. The molecule has 0 aliphatic heterocycles. The van der Waals surface area contributed by atoms with E-state index < -0.39 is 4.92 Å². The number of rotatable bonds is 4. The van der Waals surface area contributed by atoms with Crippen LogP contribution >= 0.6 is 0 Å². The summed E-state index contributed by atoms with van der Waals surface area (Å²) in [6, 6.07) is 5.46. The fourth-order valence-electron chi connectivity index (χ4n) is 2.11. The van der Waals surface area contributed by atoms with Gasteiger partial charge in [0.05, 0.1) is 29.0 Å². The molecule has 1 aromatic carbocycles. The molecule has 0 spiro atoms. The lowest BCUT2D eigenvalue weighted by Gasteiger charge is -2.11. The topological polar surface area (TPSA) is 90.7 Å². The molecule has 0 unspecified atom stereocenters. The van der Waals surface area contributed by atoms with Gasteiger partial charge in [-0.2, -0.15) is 10.5 Å². The molecule has 0 saturated carbocycles. The largest absolute Gasteiger partial charge is 0.274 e. The summed E-state index contributed by atoms with van der Waals surface area (Å²) in [7, 11) is 0. The molecule has 0 amide bonds. The maximum atomic E-state index is 11.0. The minimum absolute atomic E-state index is 0.0588.